The van der Waals surface area contributed by atoms with Crippen LogP contribution in [0.3, 0.4) is 0 Å². The Hall–Kier alpha value is -1.26. The molecule has 0 saturated carbocycles. The lowest BCUT2D eigenvalue weighted by atomic mass is 10.2. The second kappa shape index (κ2) is 11.3. The van der Waals surface area contributed by atoms with Crippen molar-refractivity contribution in [3.63, 3.8) is 0 Å². The van der Waals surface area contributed by atoms with Gasteiger partial charge in [-0.2, -0.15) is 13.2 Å². The molecule has 0 aliphatic rings. The summed E-state index contributed by atoms with van der Waals surface area (Å²) in [6, 6.07) is 5.78. The van der Waals surface area contributed by atoms with E-state index in [9.17, 15) is 17.6 Å². The summed E-state index contributed by atoms with van der Waals surface area (Å²) >= 11 is 0. The van der Waals surface area contributed by atoms with Gasteiger partial charge in [-0.15, -0.1) is 24.0 Å². The number of nitrogens with zero attached hydrogens (tertiary/aromatic N) is 1. The van der Waals surface area contributed by atoms with E-state index >= 15 is 0 Å². The number of alkyl halides is 3. The monoisotopic (exact) mass is 463 g/mol. The fourth-order valence-electron chi connectivity index (χ4n) is 1.76. The summed E-state index contributed by atoms with van der Waals surface area (Å²) in [5.41, 5.74) is 0. The van der Waals surface area contributed by atoms with Crippen LogP contribution in [0.4, 0.5) is 17.6 Å². The van der Waals surface area contributed by atoms with Crippen molar-refractivity contribution < 1.29 is 22.3 Å². The van der Waals surface area contributed by atoms with Gasteiger partial charge in [0.05, 0.1) is 13.0 Å². The van der Waals surface area contributed by atoms with E-state index in [1.54, 1.807) is 12.1 Å². The Morgan fingerprint density at radius 1 is 1.29 bits per heavy atom. The lowest BCUT2D eigenvalue weighted by molar-refractivity contribution is -0.132. The topological polar surface area (TPSA) is 45.7 Å². The molecule has 1 aromatic carbocycles. The maximum absolute atomic E-state index is 13.1. The van der Waals surface area contributed by atoms with Gasteiger partial charge in [0.2, 0.25) is 0 Å². The fourth-order valence-corrected chi connectivity index (χ4v) is 1.76. The molecule has 0 aliphatic heterocycles. The molecular weight excluding hydrogens is 441 g/mol. The van der Waals surface area contributed by atoms with E-state index in [0.29, 0.717) is 18.7 Å². The molecule has 0 fully saturated rings. The quantitative estimate of drug-likeness (QED) is 0.281. The minimum Gasteiger partial charge on any atom is -0.489 e. The van der Waals surface area contributed by atoms with Gasteiger partial charge in [0.1, 0.15) is 17.7 Å². The lowest BCUT2D eigenvalue weighted by Crippen LogP contribution is -2.43. The van der Waals surface area contributed by atoms with Crippen LogP contribution in [0.2, 0.25) is 0 Å². The second-order valence-electron chi connectivity index (χ2n) is 4.85. The standard InChI is InChI=1S/C15H21F4N3O.HI/c1-3-12(23-13-6-4-5-11(16)9-13)10-22-14(20-2)21-8-7-15(17,18)19;/h4-6,9,12H,3,7-8,10H2,1-2H3,(H2,20,21,22);1H. The van der Waals surface area contributed by atoms with Crippen molar-refractivity contribution in [3.8, 4) is 5.75 Å². The van der Waals surface area contributed by atoms with Crippen molar-refractivity contribution in [2.45, 2.75) is 32.0 Å². The van der Waals surface area contributed by atoms with Crippen molar-refractivity contribution in [2.24, 2.45) is 4.99 Å². The van der Waals surface area contributed by atoms with E-state index in [-0.39, 0.29) is 42.6 Å². The molecule has 0 spiro atoms. The average Bonchev–Trinajstić information content (AvgIpc) is 2.48. The number of hydrogen-bond acceptors (Lipinski definition) is 2. The summed E-state index contributed by atoms with van der Waals surface area (Å²) < 4.78 is 55.1. The molecule has 0 saturated heterocycles. The highest BCUT2D eigenvalue weighted by Crippen LogP contribution is 2.18. The SMILES string of the molecule is CCC(CNC(=NC)NCCC(F)(F)F)Oc1cccc(F)c1.I. The van der Waals surface area contributed by atoms with Crippen LogP contribution in [0, 0.1) is 5.82 Å². The van der Waals surface area contributed by atoms with Gasteiger partial charge in [-0.25, -0.2) is 4.39 Å². The molecular formula is C15H22F4IN3O. The molecule has 0 heterocycles. The van der Waals surface area contributed by atoms with Crippen molar-refractivity contribution >= 4 is 29.9 Å². The summed E-state index contributed by atoms with van der Waals surface area (Å²) in [5, 5.41) is 5.48. The van der Waals surface area contributed by atoms with Crippen molar-refractivity contribution in [1.82, 2.24) is 10.6 Å². The van der Waals surface area contributed by atoms with Gasteiger partial charge in [0, 0.05) is 19.7 Å². The Morgan fingerprint density at radius 2 is 2.00 bits per heavy atom. The summed E-state index contributed by atoms with van der Waals surface area (Å²) in [4.78, 5) is 3.85. The Bertz CT molecular complexity index is 512. The van der Waals surface area contributed by atoms with Crippen LogP contribution in [0.1, 0.15) is 19.8 Å². The fraction of sp³-hybridized carbons (Fsp3) is 0.533. The zero-order valence-electron chi connectivity index (χ0n) is 13.5. The molecule has 0 radical (unpaired) electrons. The number of benzene rings is 1. The van der Waals surface area contributed by atoms with Gasteiger partial charge >= 0.3 is 6.18 Å². The molecule has 0 aliphatic carbocycles. The first-order valence-corrected chi connectivity index (χ1v) is 7.27. The highest BCUT2D eigenvalue weighted by atomic mass is 127. The van der Waals surface area contributed by atoms with Gasteiger partial charge in [0.15, 0.2) is 5.96 Å². The van der Waals surface area contributed by atoms with Crippen molar-refractivity contribution in [3.05, 3.63) is 30.1 Å². The Balaban J connectivity index is 0.00000529. The van der Waals surface area contributed by atoms with Gasteiger partial charge in [0.25, 0.3) is 0 Å². The molecule has 0 bridgehead atoms. The zero-order valence-corrected chi connectivity index (χ0v) is 15.8. The third kappa shape index (κ3) is 9.78. The first-order chi connectivity index (χ1) is 10.8. The molecule has 1 rings (SSSR count). The van der Waals surface area contributed by atoms with Gasteiger partial charge in [-0.3, -0.25) is 4.99 Å². The lowest BCUT2D eigenvalue weighted by Gasteiger charge is -2.20. The van der Waals surface area contributed by atoms with E-state index in [4.69, 9.17) is 4.74 Å². The zero-order chi connectivity index (χ0) is 17.3. The predicted octanol–water partition coefficient (Wildman–Crippen LogP) is 3.72. The normalized spacial score (nSPS) is 13.0. The number of hydrogen-bond donors (Lipinski definition) is 2. The molecule has 4 nitrogen and oxygen atoms in total. The van der Waals surface area contributed by atoms with E-state index in [1.165, 1.54) is 19.2 Å². The maximum atomic E-state index is 13.1. The third-order valence-electron chi connectivity index (χ3n) is 2.98. The number of ether oxygens (including phenoxy) is 1. The summed E-state index contributed by atoms with van der Waals surface area (Å²) in [5.74, 6) is 0.268. The number of guanidine groups is 1. The Labute approximate surface area is 156 Å². The summed E-state index contributed by atoms with van der Waals surface area (Å²) in [6.45, 7) is 1.97. The summed E-state index contributed by atoms with van der Waals surface area (Å²) in [7, 11) is 1.47. The number of rotatable bonds is 7. The van der Waals surface area contributed by atoms with Crippen LogP contribution in [0.5, 0.6) is 5.75 Å². The van der Waals surface area contributed by atoms with E-state index in [0.717, 1.165) is 0 Å². The van der Waals surface area contributed by atoms with Crippen LogP contribution in [0.15, 0.2) is 29.3 Å². The highest BCUT2D eigenvalue weighted by Gasteiger charge is 2.26. The van der Waals surface area contributed by atoms with Gasteiger partial charge < -0.3 is 15.4 Å². The van der Waals surface area contributed by atoms with Crippen molar-refractivity contribution in [1.29, 1.82) is 0 Å². The molecule has 1 unspecified atom stereocenters. The Kier molecular flexibility index (Phi) is 10.7. The van der Waals surface area contributed by atoms with E-state index in [1.807, 2.05) is 6.92 Å². The third-order valence-corrected chi connectivity index (χ3v) is 2.98. The van der Waals surface area contributed by atoms with Crippen LogP contribution >= 0.6 is 24.0 Å². The average molecular weight is 463 g/mol. The largest absolute Gasteiger partial charge is 0.489 e. The van der Waals surface area contributed by atoms with Gasteiger partial charge in [-0.1, -0.05) is 13.0 Å². The number of aliphatic imine (C=N–C) groups is 1. The Morgan fingerprint density at radius 3 is 2.54 bits per heavy atom. The molecule has 0 amide bonds. The van der Waals surface area contributed by atoms with Crippen LogP contribution in [0.25, 0.3) is 0 Å². The van der Waals surface area contributed by atoms with Gasteiger partial charge in [-0.05, 0) is 18.6 Å². The second-order valence-corrected chi connectivity index (χ2v) is 4.85. The smallest absolute Gasteiger partial charge is 0.390 e. The summed E-state index contributed by atoms with van der Waals surface area (Å²) in [6.07, 6.45) is -4.77. The molecule has 1 aromatic rings. The minimum atomic E-state index is -4.21. The van der Waals surface area contributed by atoms with E-state index in [2.05, 4.69) is 15.6 Å². The maximum Gasteiger partial charge on any atom is 0.390 e. The minimum absolute atomic E-state index is 0. The first kappa shape index (κ1) is 22.7. The van der Waals surface area contributed by atoms with Crippen LogP contribution < -0.4 is 15.4 Å². The predicted molar refractivity (Wildman–Crippen MR) is 96.6 cm³/mol. The molecule has 2 N–H and O–H groups in total. The van der Waals surface area contributed by atoms with E-state index < -0.39 is 18.4 Å². The van der Waals surface area contributed by atoms with Crippen LogP contribution in [-0.2, 0) is 0 Å². The van der Waals surface area contributed by atoms with Crippen LogP contribution in [-0.4, -0.2) is 38.4 Å². The highest BCUT2D eigenvalue weighted by molar-refractivity contribution is 14.0. The van der Waals surface area contributed by atoms with Crippen molar-refractivity contribution in [2.75, 3.05) is 20.1 Å². The number of halogens is 5. The first-order valence-electron chi connectivity index (χ1n) is 7.27. The molecule has 1 atom stereocenters. The molecule has 9 heteroatoms. The molecule has 138 valence electrons. The molecule has 24 heavy (non-hydrogen) atoms. The number of nitrogens with one attached hydrogen (secondary N) is 2. The molecule has 0 aromatic heterocycles.